The molecule has 0 radical (unpaired) electrons. The second-order valence-electron chi connectivity index (χ2n) is 6.78. The first-order valence-electron chi connectivity index (χ1n) is 9.63. The quantitative estimate of drug-likeness (QED) is 0.761. The van der Waals surface area contributed by atoms with Crippen LogP contribution in [0.2, 0.25) is 0 Å². The number of rotatable bonds is 8. The van der Waals surface area contributed by atoms with Gasteiger partial charge in [-0.15, -0.1) is 0 Å². The smallest absolute Gasteiger partial charge is 0.250 e. The molecule has 0 spiro atoms. The fourth-order valence-electron chi connectivity index (χ4n) is 3.04. The van der Waals surface area contributed by atoms with Gasteiger partial charge in [0.1, 0.15) is 25.6 Å². The summed E-state index contributed by atoms with van der Waals surface area (Å²) in [6.07, 6.45) is 3.25. The molecule has 2 aromatic carbocycles. The molecule has 6 heteroatoms. The van der Waals surface area contributed by atoms with Gasteiger partial charge in [0.2, 0.25) is 11.8 Å². The van der Waals surface area contributed by atoms with Crippen LogP contribution in [0.15, 0.2) is 54.6 Å². The first-order valence-corrected chi connectivity index (χ1v) is 9.63. The van der Waals surface area contributed by atoms with Crippen molar-refractivity contribution in [2.45, 2.75) is 25.9 Å². The van der Waals surface area contributed by atoms with E-state index < -0.39 is 0 Å². The number of anilines is 1. The molecule has 3 rings (SSSR count). The summed E-state index contributed by atoms with van der Waals surface area (Å²) in [6.45, 7) is 1.86. The van der Waals surface area contributed by atoms with Crippen molar-refractivity contribution in [3.8, 4) is 5.75 Å². The molecule has 2 aromatic rings. The van der Waals surface area contributed by atoms with Crippen LogP contribution in [0.1, 0.15) is 24.8 Å². The van der Waals surface area contributed by atoms with Gasteiger partial charge in [0, 0.05) is 18.8 Å². The van der Waals surface area contributed by atoms with Crippen LogP contribution >= 0.6 is 0 Å². The molecule has 2 amide bonds. The van der Waals surface area contributed by atoms with Crippen LogP contribution in [0.25, 0.3) is 0 Å². The Morgan fingerprint density at radius 3 is 2.32 bits per heavy atom. The van der Waals surface area contributed by atoms with Crippen LogP contribution in [0.5, 0.6) is 5.75 Å². The van der Waals surface area contributed by atoms with Crippen molar-refractivity contribution >= 4 is 17.5 Å². The maximum absolute atomic E-state index is 12.0. The van der Waals surface area contributed by atoms with Gasteiger partial charge in [-0.1, -0.05) is 30.3 Å². The van der Waals surface area contributed by atoms with Crippen LogP contribution in [-0.4, -0.2) is 43.0 Å². The number of amides is 2. The molecule has 1 saturated heterocycles. The summed E-state index contributed by atoms with van der Waals surface area (Å²) in [5, 5.41) is 2.75. The third-order valence-electron chi connectivity index (χ3n) is 4.55. The Bertz CT molecular complexity index is 756. The highest BCUT2D eigenvalue weighted by Gasteiger charge is 2.16. The largest absolute Gasteiger partial charge is 0.489 e. The molecular formula is C22H26N2O4. The second-order valence-corrected chi connectivity index (χ2v) is 6.78. The van der Waals surface area contributed by atoms with Gasteiger partial charge >= 0.3 is 0 Å². The zero-order chi connectivity index (χ0) is 19.6. The van der Waals surface area contributed by atoms with E-state index in [1.54, 1.807) is 29.2 Å². The fraction of sp³-hybridized carbons (Fsp3) is 0.364. The number of benzene rings is 2. The van der Waals surface area contributed by atoms with Crippen molar-refractivity contribution in [1.29, 1.82) is 0 Å². The topological polar surface area (TPSA) is 67.9 Å². The fourth-order valence-corrected chi connectivity index (χ4v) is 3.04. The lowest BCUT2D eigenvalue weighted by Crippen LogP contribution is -2.38. The lowest BCUT2D eigenvalue weighted by atomic mass is 10.1. The van der Waals surface area contributed by atoms with E-state index >= 15 is 0 Å². The number of hydrogen-bond donors (Lipinski definition) is 1. The van der Waals surface area contributed by atoms with Crippen LogP contribution in [0.3, 0.4) is 0 Å². The molecule has 148 valence electrons. The number of nitrogens with zero attached hydrogens (tertiary/aromatic N) is 1. The summed E-state index contributed by atoms with van der Waals surface area (Å²) >= 11 is 0. The van der Waals surface area contributed by atoms with Gasteiger partial charge in [-0.05, 0) is 49.1 Å². The van der Waals surface area contributed by atoms with Gasteiger partial charge in [-0.2, -0.15) is 0 Å². The molecule has 0 aliphatic carbocycles. The molecule has 1 N–H and O–H groups in total. The first-order chi connectivity index (χ1) is 13.7. The van der Waals surface area contributed by atoms with Gasteiger partial charge in [0.25, 0.3) is 0 Å². The van der Waals surface area contributed by atoms with E-state index in [0.717, 1.165) is 37.2 Å². The molecule has 0 aromatic heterocycles. The summed E-state index contributed by atoms with van der Waals surface area (Å²) < 4.78 is 11.0. The SMILES string of the molecule is O=C(COCC(=O)N1CCCCC1)Nc1ccc(OCc2ccccc2)cc1. The highest BCUT2D eigenvalue weighted by molar-refractivity contribution is 5.91. The minimum absolute atomic E-state index is 0.0487. The number of likely N-dealkylation sites (tertiary alicyclic amines) is 1. The summed E-state index contributed by atoms with van der Waals surface area (Å²) in [4.78, 5) is 25.8. The lowest BCUT2D eigenvalue weighted by molar-refractivity contribution is -0.138. The summed E-state index contributed by atoms with van der Waals surface area (Å²) in [6, 6.07) is 17.1. The Balaban J connectivity index is 1.36. The van der Waals surface area contributed by atoms with Gasteiger partial charge in [-0.3, -0.25) is 9.59 Å². The van der Waals surface area contributed by atoms with Crippen molar-refractivity contribution in [1.82, 2.24) is 4.90 Å². The maximum Gasteiger partial charge on any atom is 0.250 e. The maximum atomic E-state index is 12.0. The number of nitrogens with one attached hydrogen (secondary N) is 1. The van der Waals surface area contributed by atoms with Crippen LogP contribution < -0.4 is 10.1 Å². The van der Waals surface area contributed by atoms with Gasteiger partial charge in [0.15, 0.2) is 0 Å². The molecular weight excluding hydrogens is 356 g/mol. The molecule has 1 aliphatic rings. The Kier molecular flexibility index (Phi) is 7.44. The lowest BCUT2D eigenvalue weighted by Gasteiger charge is -2.26. The average Bonchev–Trinajstić information content (AvgIpc) is 2.74. The van der Waals surface area contributed by atoms with Crippen LogP contribution in [0.4, 0.5) is 5.69 Å². The normalized spacial score (nSPS) is 13.8. The highest BCUT2D eigenvalue weighted by atomic mass is 16.5. The van der Waals surface area contributed by atoms with Crippen LogP contribution in [0, 0.1) is 0 Å². The predicted octanol–water partition coefficient (Wildman–Crippen LogP) is 3.23. The number of piperidine rings is 1. The molecule has 0 saturated carbocycles. The van der Waals surface area contributed by atoms with E-state index in [1.165, 1.54) is 6.42 Å². The number of carbonyl (C=O) groups is 2. The average molecular weight is 382 g/mol. The van der Waals surface area contributed by atoms with E-state index in [9.17, 15) is 9.59 Å². The Morgan fingerprint density at radius 1 is 0.893 bits per heavy atom. The molecule has 0 bridgehead atoms. The van der Waals surface area contributed by atoms with E-state index in [4.69, 9.17) is 9.47 Å². The predicted molar refractivity (Wildman–Crippen MR) is 107 cm³/mol. The van der Waals surface area contributed by atoms with E-state index in [0.29, 0.717) is 12.3 Å². The molecule has 1 aliphatic heterocycles. The molecule has 1 heterocycles. The Labute approximate surface area is 165 Å². The first kappa shape index (κ1) is 19.9. The summed E-state index contributed by atoms with van der Waals surface area (Å²) in [5.74, 6) is 0.391. The van der Waals surface area contributed by atoms with Crippen molar-refractivity contribution in [3.63, 3.8) is 0 Å². The van der Waals surface area contributed by atoms with E-state index in [1.807, 2.05) is 30.3 Å². The van der Waals surface area contributed by atoms with Crippen molar-refractivity contribution < 1.29 is 19.1 Å². The zero-order valence-electron chi connectivity index (χ0n) is 15.9. The molecule has 6 nitrogen and oxygen atoms in total. The Hall–Kier alpha value is -2.86. The zero-order valence-corrected chi connectivity index (χ0v) is 15.9. The number of carbonyl (C=O) groups excluding carboxylic acids is 2. The monoisotopic (exact) mass is 382 g/mol. The minimum Gasteiger partial charge on any atom is -0.489 e. The number of ether oxygens (including phenoxy) is 2. The molecule has 28 heavy (non-hydrogen) atoms. The standard InChI is InChI=1S/C22H26N2O4/c25-21(16-27-17-22(26)24-13-5-2-6-14-24)23-19-9-11-20(12-10-19)28-15-18-7-3-1-4-8-18/h1,3-4,7-12H,2,5-6,13-17H2,(H,23,25). The van der Waals surface area contributed by atoms with Crippen LogP contribution in [-0.2, 0) is 20.9 Å². The summed E-state index contributed by atoms with van der Waals surface area (Å²) in [5.41, 5.74) is 1.75. The Morgan fingerprint density at radius 2 is 1.61 bits per heavy atom. The second kappa shape index (κ2) is 10.5. The summed E-state index contributed by atoms with van der Waals surface area (Å²) in [7, 11) is 0. The van der Waals surface area contributed by atoms with Gasteiger partial charge in [-0.25, -0.2) is 0 Å². The van der Waals surface area contributed by atoms with Crippen molar-refractivity contribution in [2.75, 3.05) is 31.6 Å². The molecule has 0 atom stereocenters. The van der Waals surface area contributed by atoms with Crippen molar-refractivity contribution in [2.24, 2.45) is 0 Å². The highest BCUT2D eigenvalue weighted by Crippen LogP contribution is 2.17. The van der Waals surface area contributed by atoms with Crippen molar-refractivity contribution in [3.05, 3.63) is 60.2 Å². The number of hydrogen-bond acceptors (Lipinski definition) is 4. The third-order valence-corrected chi connectivity index (χ3v) is 4.55. The van der Waals surface area contributed by atoms with E-state index in [2.05, 4.69) is 5.32 Å². The van der Waals surface area contributed by atoms with Gasteiger partial charge < -0.3 is 19.7 Å². The van der Waals surface area contributed by atoms with Gasteiger partial charge in [0.05, 0.1) is 0 Å². The molecule has 1 fully saturated rings. The minimum atomic E-state index is -0.288. The molecule has 0 unspecified atom stereocenters. The van der Waals surface area contributed by atoms with E-state index in [-0.39, 0.29) is 25.0 Å². The third kappa shape index (κ3) is 6.39.